The number of benzene rings is 2. The summed E-state index contributed by atoms with van der Waals surface area (Å²) in [6.07, 6.45) is -1.45. The number of nitrogens with one attached hydrogen (secondary N) is 2. The summed E-state index contributed by atoms with van der Waals surface area (Å²) < 4.78 is 82.7. The fraction of sp³-hybridized carbons (Fsp3) is 0.333. The van der Waals surface area contributed by atoms with Crippen LogP contribution in [-0.4, -0.2) is 79.3 Å². The van der Waals surface area contributed by atoms with Crippen LogP contribution >= 0.6 is 0 Å². The molecule has 2 aromatic carbocycles. The van der Waals surface area contributed by atoms with Crippen molar-refractivity contribution in [2.24, 2.45) is 4.99 Å². The van der Waals surface area contributed by atoms with Crippen LogP contribution in [0.4, 0.5) is 23.2 Å². The highest BCUT2D eigenvalue weighted by Gasteiger charge is 2.38. The molecule has 1 heterocycles. The van der Waals surface area contributed by atoms with E-state index in [0.717, 1.165) is 17.2 Å². The number of ether oxygens (including phenoxy) is 2. The Morgan fingerprint density at radius 3 is 2.52 bits per heavy atom. The molecule has 1 unspecified atom stereocenters. The predicted molar refractivity (Wildman–Crippen MR) is 162 cm³/mol. The average Bonchev–Trinajstić information content (AvgIpc) is 3.18. The average molecular weight is 636 g/mol. The van der Waals surface area contributed by atoms with Crippen LogP contribution in [-0.2, 0) is 22.1 Å². The van der Waals surface area contributed by atoms with Crippen LogP contribution < -0.4 is 15.4 Å². The Kier molecular flexibility index (Phi) is 10.1. The van der Waals surface area contributed by atoms with E-state index in [-0.39, 0.29) is 41.4 Å². The molecule has 14 heteroatoms. The number of carbonyl (C=O) groups excluding carboxylic acids is 1. The van der Waals surface area contributed by atoms with E-state index < -0.39 is 40.2 Å². The molecule has 2 aliphatic rings. The Hall–Kier alpha value is -4.17. The minimum atomic E-state index is -4.81. The van der Waals surface area contributed by atoms with Gasteiger partial charge in [-0.1, -0.05) is 24.3 Å². The molecule has 1 amide bonds. The van der Waals surface area contributed by atoms with Crippen molar-refractivity contribution in [1.82, 2.24) is 14.5 Å². The Balaban J connectivity index is 1.62. The van der Waals surface area contributed by atoms with Crippen LogP contribution in [0.25, 0.3) is 5.70 Å². The summed E-state index contributed by atoms with van der Waals surface area (Å²) in [6, 6.07) is 9.45. The first kappa shape index (κ1) is 32.7. The lowest BCUT2D eigenvalue weighted by Gasteiger charge is -2.21. The Bertz CT molecular complexity index is 1580. The highest BCUT2D eigenvalue weighted by atomic mass is 32.2. The van der Waals surface area contributed by atoms with Gasteiger partial charge in [-0.2, -0.15) is 13.2 Å². The van der Waals surface area contributed by atoms with E-state index in [4.69, 9.17) is 9.47 Å². The highest BCUT2D eigenvalue weighted by Crippen LogP contribution is 2.39. The fourth-order valence-corrected chi connectivity index (χ4v) is 5.07. The molecular weight excluding hydrogens is 602 g/mol. The molecule has 1 aliphatic heterocycles. The van der Waals surface area contributed by atoms with Gasteiger partial charge in [0, 0.05) is 57.1 Å². The number of amides is 1. The van der Waals surface area contributed by atoms with Gasteiger partial charge in [0.25, 0.3) is 5.91 Å². The van der Waals surface area contributed by atoms with Crippen LogP contribution in [0.1, 0.15) is 27.9 Å². The van der Waals surface area contributed by atoms with Crippen molar-refractivity contribution in [3.05, 3.63) is 87.9 Å². The van der Waals surface area contributed by atoms with Crippen molar-refractivity contribution in [2.75, 3.05) is 52.9 Å². The Labute approximate surface area is 255 Å². The highest BCUT2D eigenvalue weighted by molar-refractivity contribution is 7.82. The Morgan fingerprint density at radius 2 is 1.86 bits per heavy atom. The van der Waals surface area contributed by atoms with E-state index in [2.05, 4.69) is 15.6 Å². The topological polar surface area (TPSA) is 95.5 Å². The van der Waals surface area contributed by atoms with E-state index in [1.54, 1.807) is 19.2 Å². The molecule has 0 spiro atoms. The van der Waals surface area contributed by atoms with Gasteiger partial charge in [-0.15, -0.1) is 0 Å². The molecule has 0 bridgehead atoms. The minimum absolute atomic E-state index is 0.0260. The number of allylic oxidation sites excluding steroid dienone is 3. The largest absolute Gasteiger partial charge is 0.495 e. The molecule has 2 N–H and O–H groups in total. The van der Waals surface area contributed by atoms with Gasteiger partial charge in [-0.25, -0.2) is 13.6 Å². The zero-order valence-electron chi connectivity index (χ0n) is 24.8. The van der Waals surface area contributed by atoms with Gasteiger partial charge in [0.1, 0.15) is 45.5 Å². The van der Waals surface area contributed by atoms with Crippen molar-refractivity contribution in [3.8, 4) is 5.75 Å². The number of carbonyl (C=O) groups is 1. The van der Waals surface area contributed by atoms with Crippen molar-refractivity contribution >= 4 is 34.5 Å². The summed E-state index contributed by atoms with van der Waals surface area (Å²) in [7, 11) is 5.10. The molecular formula is C30H33F4N5O4S. The molecule has 1 atom stereocenters. The molecule has 0 radical (unpaired) electrons. The summed E-state index contributed by atoms with van der Waals surface area (Å²) >= 11 is 0. The first-order chi connectivity index (χ1) is 20.8. The number of halogens is 4. The number of aliphatic imine (C=N–C) groups is 1. The monoisotopic (exact) mass is 635 g/mol. The van der Waals surface area contributed by atoms with Crippen LogP contribution in [0.3, 0.4) is 0 Å². The molecule has 0 fully saturated rings. The van der Waals surface area contributed by atoms with E-state index in [0.29, 0.717) is 25.0 Å². The third-order valence-corrected chi connectivity index (χ3v) is 7.85. The second kappa shape index (κ2) is 13.6. The number of likely N-dealkylation sites (N-methyl/N-ethyl adjacent to an activating group) is 1. The second-order valence-electron chi connectivity index (χ2n) is 10.2. The van der Waals surface area contributed by atoms with Crippen LogP contribution in [0, 0.1) is 5.82 Å². The lowest BCUT2D eigenvalue weighted by atomic mass is 10.1. The van der Waals surface area contributed by atoms with Gasteiger partial charge < -0.3 is 25.0 Å². The number of hydrogen-bond donors (Lipinski definition) is 2. The number of fused-ring (bicyclic) bond motifs is 1. The molecule has 4 rings (SSSR count). The van der Waals surface area contributed by atoms with Gasteiger partial charge in [0.05, 0.1) is 24.1 Å². The first-order valence-corrected chi connectivity index (χ1v) is 15.0. The normalized spacial score (nSPS) is 15.5. The van der Waals surface area contributed by atoms with E-state index in [1.165, 1.54) is 29.8 Å². The number of alkyl halides is 3. The first-order valence-electron chi connectivity index (χ1n) is 13.5. The molecule has 44 heavy (non-hydrogen) atoms. The summed E-state index contributed by atoms with van der Waals surface area (Å²) in [5.41, 5.74) is 0.688. The van der Waals surface area contributed by atoms with Crippen LogP contribution in [0.2, 0.25) is 0 Å². The number of rotatable bonds is 11. The smallest absolute Gasteiger partial charge is 0.421 e. The predicted octanol–water partition coefficient (Wildman–Crippen LogP) is 4.84. The zero-order valence-corrected chi connectivity index (χ0v) is 25.7. The maximum absolute atomic E-state index is 15.0. The lowest BCUT2D eigenvalue weighted by molar-refractivity contribution is -0.0885. The van der Waals surface area contributed by atoms with Gasteiger partial charge in [0.15, 0.2) is 0 Å². The van der Waals surface area contributed by atoms with Gasteiger partial charge in [-0.05, 0) is 31.8 Å². The standard InChI is InChI=1S/C30H33F4N5O4S/c1-38(2)13-12-35-29(40)20-15-25(42-4)23(16-22(20)31)37-27-11-10-24(21(17-36-27)30(32,33)34)43-26-14-18-8-6-7-9-19(18)28(26)39(3)44(5)41/h6-9,11,15-17,37H,10,12-14H2,1-5H3,(H,35,40). The van der Waals surface area contributed by atoms with E-state index in [9.17, 15) is 26.6 Å². The van der Waals surface area contributed by atoms with Gasteiger partial charge in [-0.3, -0.25) is 9.10 Å². The maximum Gasteiger partial charge on any atom is 0.421 e. The number of anilines is 1. The number of methoxy groups -OCH3 is 1. The summed E-state index contributed by atoms with van der Waals surface area (Å²) in [6.45, 7) is 0.849. The quantitative estimate of drug-likeness (QED) is 0.344. The second-order valence-corrected chi connectivity index (χ2v) is 11.6. The summed E-state index contributed by atoms with van der Waals surface area (Å²) in [5.74, 6) is -1.62. The maximum atomic E-state index is 15.0. The van der Waals surface area contributed by atoms with Crippen molar-refractivity contribution in [3.63, 3.8) is 0 Å². The van der Waals surface area contributed by atoms with E-state index in [1.807, 2.05) is 31.1 Å². The fourth-order valence-electron chi connectivity index (χ4n) is 4.61. The Morgan fingerprint density at radius 1 is 1.14 bits per heavy atom. The minimum Gasteiger partial charge on any atom is -0.495 e. The van der Waals surface area contributed by atoms with Gasteiger partial charge in [0.2, 0.25) is 0 Å². The molecule has 0 aromatic heterocycles. The molecule has 2 aromatic rings. The SMILES string of the molecule is COc1cc(C(=O)NCCN(C)C)c(F)cc1NC1=CCC(OC2=C(N(C)S(C)=O)c3ccccc3C2)=C(C(F)(F)F)C=N1. The van der Waals surface area contributed by atoms with Gasteiger partial charge >= 0.3 is 6.18 Å². The van der Waals surface area contributed by atoms with Crippen LogP contribution in [0.5, 0.6) is 5.75 Å². The number of hydrogen-bond acceptors (Lipinski definition) is 7. The lowest BCUT2D eigenvalue weighted by Crippen LogP contribution is -2.31. The molecule has 0 saturated carbocycles. The summed E-state index contributed by atoms with van der Waals surface area (Å²) in [5, 5.41) is 5.42. The number of nitrogens with zero attached hydrogens (tertiary/aromatic N) is 3. The molecule has 1 aliphatic carbocycles. The zero-order chi connectivity index (χ0) is 32.2. The van der Waals surface area contributed by atoms with Crippen molar-refractivity contribution < 1.29 is 36.0 Å². The summed E-state index contributed by atoms with van der Waals surface area (Å²) in [4.78, 5) is 18.3. The third kappa shape index (κ3) is 7.48. The van der Waals surface area contributed by atoms with E-state index >= 15 is 0 Å². The van der Waals surface area contributed by atoms with Crippen LogP contribution in [0.15, 0.2) is 70.4 Å². The molecule has 0 saturated heterocycles. The molecule has 9 nitrogen and oxygen atoms in total. The molecule has 236 valence electrons. The third-order valence-electron chi connectivity index (χ3n) is 6.90. The van der Waals surface area contributed by atoms with Crippen molar-refractivity contribution in [1.29, 1.82) is 0 Å². The van der Waals surface area contributed by atoms with Crippen molar-refractivity contribution in [2.45, 2.75) is 19.0 Å².